The van der Waals surface area contributed by atoms with Crippen molar-refractivity contribution in [2.45, 2.75) is 45.4 Å². The van der Waals surface area contributed by atoms with Crippen LogP contribution in [0, 0.1) is 13.0 Å². The quantitative estimate of drug-likeness (QED) is 0.436. The summed E-state index contributed by atoms with van der Waals surface area (Å²) in [4.78, 5) is 13.9. The fourth-order valence-electron chi connectivity index (χ4n) is 4.72. The summed E-state index contributed by atoms with van der Waals surface area (Å²) in [5.41, 5.74) is 5.98. The number of cyclic esters (lactones) is 1. The van der Waals surface area contributed by atoms with Gasteiger partial charge in [-0.2, -0.15) is 0 Å². The minimum atomic E-state index is -0.403. The van der Waals surface area contributed by atoms with E-state index in [1.807, 2.05) is 42.5 Å². The molecule has 2 heterocycles. The molecule has 5 rings (SSSR count). The first-order chi connectivity index (χ1) is 17.6. The molecule has 187 valence electrons. The lowest BCUT2D eigenvalue weighted by Crippen LogP contribution is -2.32. The Morgan fingerprint density at radius 2 is 1.89 bits per heavy atom. The topological polar surface area (TPSA) is 60.0 Å². The fourth-order valence-corrected chi connectivity index (χ4v) is 4.72. The van der Waals surface area contributed by atoms with E-state index in [2.05, 4.69) is 41.4 Å². The highest BCUT2D eigenvalue weighted by molar-refractivity contribution is 5.69. The van der Waals surface area contributed by atoms with E-state index in [9.17, 15) is 4.79 Å². The molecule has 1 atom stereocenters. The van der Waals surface area contributed by atoms with Crippen molar-refractivity contribution in [1.82, 2.24) is 10.2 Å². The van der Waals surface area contributed by atoms with Crippen molar-refractivity contribution >= 4 is 6.09 Å². The first-order valence-corrected chi connectivity index (χ1v) is 12.7. The zero-order chi connectivity index (χ0) is 24.7. The van der Waals surface area contributed by atoms with Crippen molar-refractivity contribution < 1.29 is 19.0 Å². The number of nitrogens with one attached hydrogen (secondary N) is 1. The molecule has 3 aromatic rings. The second-order valence-electron chi connectivity index (χ2n) is 9.62. The SMILES string of the molecule is Cc1cc(Cc2[c]cc(OCc3ccccc3)cc2OCC2COC(=O)N2)ccc1CN1CCCC1. The summed E-state index contributed by atoms with van der Waals surface area (Å²) >= 11 is 0. The molecule has 2 aliphatic rings. The Kier molecular flexibility index (Phi) is 7.72. The average Bonchev–Trinajstić information content (AvgIpc) is 3.56. The molecule has 0 saturated carbocycles. The minimum absolute atomic E-state index is 0.175. The lowest BCUT2D eigenvalue weighted by atomic mass is 9.99. The van der Waals surface area contributed by atoms with E-state index in [0.29, 0.717) is 37.7 Å². The van der Waals surface area contributed by atoms with Crippen LogP contribution in [-0.4, -0.2) is 43.3 Å². The van der Waals surface area contributed by atoms with Gasteiger partial charge in [0.15, 0.2) is 0 Å². The molecule has 0 bridgehead atoms. The molecule has 0 aliphatic carbocycles. The van der Waals surface area contributed by atoms with Crippen molar-refractivity contribution in [3.05, 3.63) is 94.5 Å². The summed E-state index contributed by atoms with van der Waals surface area (Å²) in [5, 5.41) is 2.77. The largest absolute Gasteiger partial charge is 0.491 e. The number of benzene rings is 3. The molecule has 2 saturated heterocycles. The average molecular weight is 486 g/mol. The third kappa shape index (κ3) is 6.38. The summed E-state index contributed by atoms with van der Waals surface area (Å²) in [6.07, 6.45) is 2.90. The van der Waals surface area contributed by atoms with Crippen LogP contribution in [0.5, 0.6) is 11.5 Å². The van der Waals surface area contributed by atoms with Crippen LogP contribution >= 0.6 is 0 Å². The molecule has 0 spiro atoms. The molecular weight excluding hydrogens is 452 g/mol. The molecule has 6 nitrogen and oxygen atoms in total. The predicted molar refractivity (Wildman–Crippen MR) is 138 cm³/mol. The number of carbonyl (C=O) groups excluding carboxylic acids is 1. The lowest BCUT2D eigenvalue weighted by molar-refractivity contribution is 0.174. The van der Waals surface area contributed by atoms with Crippen LogP contribution in [-0.2, 0) is 24.3 Å². The van der Waals surface area contributed by atoms with Crippen molar-refractivity contribution in [2.75, 3.05) is 26.3 Å². The van der Waals surface area contributed by atoms with Crippen molar-refractivity contribution in [3.8, 4) is 11.5 Å². The van der Waals surface area contributed by atoms with E-state index in [0.717, 1.165) is 17.7 Å². The normalized spacial score (nSPS) is 17.6. The van der Waals surface area contributed by atoms with Crippen LogP contribution in [0.1, 0.15) is 40.7 Å². The molecule has 3 aromatic carbocycles. The van der Waals surface area contributed by atoms with E-state index in [1.165, 1.54) is 42.6 Å². The van der Waals surface area contributed by atoms with Gasteiger partial charge in [0, 0.05) is 24.6 Å². The van der Waals surface area contributed by atoms with Gasteiger partial charge in [0.2, 0.25) is 0 Å². The summed E-state index contributed by atoms with van der Waals surface area (Å²) in [6, 6.07) is 23.8. The number of hydrogen-bond acceptors (Lipinski definition) is 5. The first-order valence-electron chi connectivity index (χ1n) is 12.7. The van der Waals surface area contributed by atoms with Crippen LogP contribution in [0.15, 0.2) is 60.7 Å². The third-order valence-corrected chi connectivity index (χ3v) is 6.77. The molecule has 0 aromatic heterocycles. The minimum Gasteiger partial charge on any atom is -0.491 e. The van der Waals surface area contributed by atoms with Gasteiger partial charge in [0.1, 0.15) is 37.4 Å². The Morgan fingerprint density at radius 3 is 2.64 bits per heavy atom. The second-order valence-corrected chi connectivity index (χ2v) is 9.62. The van der Waals surface area contributed by atoms with E-state index in [-0.39, 0.29) is 6.04 Å². The van der Waals surface area contributed by atoms with Crippen molar-refractivity contribution in [3.63, 3.8) is 0 Å². The number of rotatable bonds is 10. The van der Waals surface area contributed by atoms with Gasteiger partial charge in [-0.3, -0.25) is 4.90 Å². The van der Waals surface area contributed by atoms with Gasteiger partial charge < -0.3 is 19.5 Å². The van der Waals surface area contributed by atoms with Crippen molar-refractivity contribution in [2.24, 2.45) is 0 Å². The second kappa shape index (κ2) is 11.5. The van der Waals surface area contributed by atoms with Gasteiger partial charge in [-0.05, 0) is 67.2 Å². The monoisotopic (exact) mass is 485 g/mol. The smallest absolute Gasteiger partial charge is 0.407 e. The predicted octanol–water partition coefficient (Wildman–Crippen LogP) is 5.05. The number of nitrogens with zero attached hydrogens (tertiary/aromatic N) is 1. The number of amides is 1. The standard InChI is InChI=1S/C30H33N2O4/c1-22-15-24(9-10-26(22)18-32-13-5-6-14-32)16-25-11-12-28(34-19-23-7-3-2-4-8-23)17-29(25)35-20-27-21-36-30(33)31-27/h2-4,7-10,12,15,17,27H,5-6,13-14,16,18-21H2,1H3,(H,31,33). The van der Waals surface area contributed by atoms with E-state index >= 15 is 0 Å². The number of aryl methyl sites for hydroxylation is 1. The maximum absolute atomic E-state index is 11.4. The van der Waals surface area contributed by atoms with Gasteiger partial charge in [0.25, 0.3) is 0 Å². The number of carbonyl (C=O) groups is 1. The summed E-state index contributed by atoms with van der Waals surface area (Å²) in [7, 11) is 0. The zero-order valence-corrected chi connectivity index (χ0v) is 20.8. The fraction of sp³-hybridized carbons (Fsp3) is 0.367. The maximum atomic E-state index is 11.4. The van der Waals surface area contributed by atoms with E-state index in [1.54, 1.807) is 0 Å². The molecule has 2 fully saturated rings. The molecule has 1 radical (unpaired) electrons. The van der Waals surface area contributed by atoms with Crippen LogP contribution in [0.4, 0.5) is 4.79 Å². The van der Waals surface area contributed by atoms with Gasteiger partial charge >= 0.3 is 6.09 Å². The number of ether oxygens (including phenoxy) is 3. The Balaban J connectivity index is 1.30. The molecule has 36 heavy (non-hydrogen) atoms. The van der Waals surface area contributed by atoms with Gasteiger partial charge in [0.05, 0.1) is 0 Å². The summed E-state index contributed by atoms with van der Waals surface area (Å²) in [5.74, 6) is 1.40. The zero-order valence-electron chi connectivity index (χ0n) is 20.8. The van der Waals surface area contributed by atoms with E-state index in [4.69, 9.17) is 14.2 Å². The third-order valence-electron chi connectivity index (χ3n) is 6.77. The number of hydrogen-bond donors (Lipinski definition) is 1. The van der Waals surface area contributed by atoms with E-state index < -0.39 is 6.09 Å². The van der Waals surface area contributed by atoms with Crippen LogP contribution in [0.2, 0.25) is 0 Å². The molecule has 2 aliphatic heterocycles. The Hall–Kier alpha value is -3.51. The van der Waals surface area contributed by atoms with Gasteiger partial charge in [-0.1, -0.05) is 48.5 Å². The summed E-state index contributed by atoms with van der Waals surface area (Å²) < 4.78 is 17.2. The lowest BCUT2D eigenvalue weighted by Gasteiger charge is -2.18. The number of alkyl carbamates (subject to hydrolysis) is 1. The Morgan fingerprint density at radius 1 is 1.06 bits per heavy atom. The highest BCUT2D eigenvalue weighted by atomic mass is 16.6. The highest BCUT2D eigenvalue weighted by Gasteiger charge is 2.23. The van der Waals surface area contributed by atoms with Crippen molar-refractivity contribution in [1.29, 1.82) is 0 Å². The Labute approximate surface area is 213 Å². The Bertz CT molecular complexity index is 1170. The molecule has 1 amide bonds. The highest BCUT2D eigenvalue weighted by Crippen LogP contribution is 2.28. The maximum Gasteiger partial charge on any atom is 0.407 e. The molecule has 1 N–H and O–H groups in total. The number of likely N-dealkylation sites (tertiary alicyclic amines) is 1. The molecule has 6 heteroatoms. The van der Waals surface area contributed by atoms with Crippen LogP contribution < -0.4 is 14.8 Å². The van der Waals surface area contributed by atoms with Gasteiger partial charge in [-0.15, -0.1) is 0 Å². The van der Waals surface area contributed by atoms with Crippen LogP contribution in [0.25, 0.3) is 0 Å². The summed E-state index contributed by atoms with van der Waals surface area (Å²) in [6.45, 7) is 6.71. The molecule has 1 unspecified atom stereocenters. The van der Waals surface area contributed by atoms with Gasteiger partial charge in [-0.25, -0.2) is 4.79 Å². The molecular formula is C30H33N2O4. The van der Waals surface area contributed by atoms with Crippen LogP contribution in [0.3, 0.4) is 0 Å². The first kappa shape index (κ1) is 24.2.